The molecule has 0 aliphatic carbocycles. The van der Waals surface area contributed by atoms with Gasteiger partial charge in [-0.3, -0.25) is 0 Å². The van der Waals surface area contributed by atoms with Crippen LogP contribution in [0.15, 0.2) is 23.8 Å². The topological polar surface area (TPSA) is 0 Å². The fourth-order valence-corrected chi connectivity index (χ4v) is 0.619. The van der Waals surface area contributed by atoms with Gasteiger partial charge in [0.05, 0.1) is 0 Å². The summed E-state index contributed by atoms with van der Waals surface area (Å²) in [5.74, 6) is -4.75. The van der Waals surface area contributed by atoms with Gasteiger partial charge in [0.1, 0.15) is 12.2 Å². The summed E-state index contributed by atoms with van der Waals surface area (Å²) >= 11 is 0. The third-order valence-corrected chi connectivity index (χ3v) is 1.29. The second kappa shape index (κ2) is 5.80. The van der Waals surface area contributed by atoms with Crippen molar-refractivity contribution in [3.05, 3.63) is 23.8 Å². The zero-order valence-corrected chi connectivity index (χ0v) is 6.71. The van der Waals surface area contributed by atoms with Gasteiger partial charge in [-0.1, -0.05) is 13.3 Å². The van der Waals surface area contributed by atoms with E-state index in [9.17, 15) is 17.6 Å². The zero-order chi connectivity index (χ0) is 9.56. The molecule has 0 saturated heterocycles. The van der Waals surface area contributed by atoms with Crippen LogP contribution in [0, 0.1) is 0 Å². The molecule has 0 aliphatic heterocycles. The van der Waals surface area contributed by atoms with Crippen LogP contribution in [0.4, 0.5) is 17.6 Å². The number of allylic oxidation sites excluding steroid dienone is 3. The second-order valence-electron chi connectivity index (χ2n) is 2.28. The van der Waals surface area contributed by atoms with Crippen LogP contribution in [0.25, 0.3) is 0 Å². The van der Waals surface area contributed by atoms with E-state index in [-0.39, 0.29) is 6.42 Å². The SMILES string of the molecule is CCCC/C(F)=C(F)\C(F)=C\F. The van der Waals surface area contributed by atoms with Crippen LogP contribution in [-0.2, 0) is 0 Å². The first-order chi connectivity index (χ1) is 5.63. The summed E-state index contributed by atoms with van der Waals surface area (Å²) in [7, 11) is 0. The van der Waals surface area contributed by atoms with Crippen LogP contribution < -0.4 is 0 Å². The summed E-state index contributed by atoms with van der Waals surface area (Å²) in [5.41, 5.74) is 0. The normalized spacial score (nSPS) is 14.6. The molecule has 0 heterocycles. The Morgan fingerprint density at radius 1 is 1.25 bits per heavy atom. The number of hydrogen-bond donors (Lipinski definition) is 0. The van der Waals surface area contributed by atoms with Crippen molar-refractivity contribution in [1.82, 2.24) is 0 Å². The molecule has 0 unspecified atom stereocenters. The predicted octanol–water partition coefficient (Wildman–Crippen LogP) is 4.11. The minimum absolute atomic E-state index is 0.191. The summed E-state index contributed by atoms with van der Waals surface area (Å²) in [6, 6.07) is 0. The maximum Gasteiger partial charge on any atom is 0.192 e. The van der Waals surface area contributed by atoms with Crippen LogP contribution in [-0.4, -0.2) is 0 Å². The van der Waals surface area contributed by atoms with Crippen molar-refractivity contribution in [2.75, 3.05) is 0 Å². The fourth-order valence-electron chi connectivity index (χ4n) is 0.619. The molecule has 0 aromatic rings. The van der Waals surface area contributed by atoms with Gasteiger partial charge in [-0.15, -0.1) is 0 Å². The average Bonchev–Trinajstić information content (AvgIpc) is 2.11. The molecule has 0 fully saturated rings. The van der Waals surface area contributed by atoms with Gasteiger partial charge in [0.25, 0.3) is 0 Å². The molecule has 0 aromatic carbocycles. The van der Waals surface area contributed by atoms with Crippen LogP contribution in [0.5, 0.6) is 0 Å². The average molecular weight is 182 g/mol. The van der Waals surface area contributed by atoms with Gasteiger partial charge in [-0.2, -0.15) is 0 Å². The van der Waals surface area contributed by atoms with E-state index in [0.29, 0.717) is 12.8 Å². The largest absolute Gasteiger partial charge is 0.212 e. The number of halogens is 4. The van der Waals surface area contributed by atoms with Gasteiger partial charge < -0.3 is 0 Å². The highest BCUT2D eigenvalue weighted by Gasteiger charge is 2.10. The van der Waals surface area contributed by atoms with Gasteiger partial charge >= 0.3 is 0 Å². The van der Waals surface area contributed by atoms with Crippen molar-refractivity contribution in [2.45, 2.75) is 26.2 Å². The summed E-state index contributed by atoms with van der Waals surface area (Å²) in [6.07, 6.45) is 0.297. The monoisotopic (exact) mass is 182 g/mol. The van der Waals surface area contributed by atoms with E-state index in [1.54, 1.807) is 6.92 Å². The maximum absolute atomic E-state index is 12.5. The van der Waals surface area contributed by atoms with E-state index in [1.807, 2.05) is 0 Å². The lowest BCUT2D eigenvalue weighted by atomic mass is 10.2. The molecular formula is C8H10F4. The highest BCUT2D eigenvalue weighted by atomic mass is 19.2. The maximum atomic E-state index is 12.5. The Hall–Kier alpha value is -0.800. The van der Waals surface area contributed by atoms with E-state index in [1.165, 1.54) is 0 Å². The van der Waals surface area contributed by atoms with E-state index in [2.05, 4.69) is 0 Å². The van der Waals surface area contributed by atoms with Gasteiger partial charge in [0.15, 0.2) is 11.7 Å². The van der Waals surface area contributed by atoms with Crippen molar-refractivity contribution < 1.29 is 17.6 Å². The molecule has 70 valence electrons. The van der Waals surface area contributed by atoms with Gasteiger partial charge in [0, 0.05) is 6.42 Å². The highest BCUT2D eigenvalue weighted by Crippen LogP contribution is 2.22. The molecule has 0 amide bonds. The minimum Gasteiger partial charge on any atom is -0.212 e. The molecule has 0 aromatic heterocycles. The van der Waals surface area contributed by atoms with Crippen LogP contribution in [0.3, 0.4) is 0 Å². The molecule has 4 heteroatoms. The van der Waals surface area contributed by atoms with E-state index in [4.69, 9.17) is 0 Å². The van der Waals surface area contributed by atoms with Crippen LogP contribution >= 0.6 is 0 Å². The molecule has 0 rings (SSSR count). The van der Waals surface area contributed by atoms with Crippen molar-refractivity contribution in [1.29, 1.82) is 0 Å². The summed E-state index contributed by atoms with van der Waals surface area (Å²) in [5, 5.41) is 0. The first-order valence-corrected chi connectivity index (χ1v) is 3.63. The lowest BCUT2D eigenvalue weighted by molar-refractivity contribution is 0.461. The first-order valence-electron chi connectivity index (χ1n) is 3.63. The Morgan fingerprint density at radius 2 is 1.83 bits per heavy atom. The van der Waals surface area contributed by atoms with E-state index < -0.39 is 23.8 Å². The van der Waals surface area contributed by atoms with Crippen molar-refractivity contribution in [3.8, 4) is 0 Å². The lowest BCUT2D eigenvalue weighted by Gasteiger charge is -1.96. The van der Waals surface area contributed by atoms with E-state index in [0.717, 1.165) is 0 Å². The first kappa shape index (κ1) is 11.2. The molecule has 12 heavy (non-hydrogen) atoms. The molecule has 0 spiro atoms. The standard InChI is InChI=1S/C8H10F4/c1-2-3-4-6(10)8(12)7(11)5-9/h5H,2-4H2,1H3/b7-5-,8-6-. The Morgan fingerprint density at radius 3 is 2.25 bits per heavy atom. The summed E-state index contributed by atoms with van der Waals surface area (Å²) < 4.78 is 48.2. The highest BCUT2D eigenvalue weighted by molar-refractivity contribution is 5.19. The lowest BCUT2D eigenvalue weighted by Crippen LogP contribution is -1.83. The van der Waals surface area contributed by atoms with E-state index >= 15 is 0 Å². The molecule has 0 radical (unpaired) electrons. The van der Waals surface area contributed by atoms with Crippen molar-refractivity contribution >= 4 is 0 Å². The van der Waals surface area contributed by atoms with Crippen LogP contribution in [0.1, 0.15) is 26.2 Å². The Kier molecular flexibility index (Phi) is 5.41. The second-order valence-corrected chi connectivity index (χ2v) is 2.28. The predicted molar refractivity (Wildman–Crippen MR) is 39.1 cm³/mol. The smallest absolute Gasteiger partial charge is 0.192 e. The summed E-state index contributed by atoms with van der Waals surface area (Å²) in [6.45, 7) is 1.78. The van der Waals surface area contributed by atoms with Crippen molar-refractivity contribution in [3.63, 3.8) is 0 Å². The third kappa shape index (κ3) is 3.55. The fraction of sp³-hybridized carbons (Fsp3) is 0.500. The van der Waals surface area contributed by atoms with Crippen LogP contribution in [0.2, 0.25) is 0 Å². The molecule has 0 atom stereocenters. The Bertz CT molecular complexity index is 193. The molecule has 0 nitrogen and oxygen atoms in total. The number of hydrogen-bond acceptors (Lipinski definition) is 0. The molecule has 0 N–H and O–H groups in total. The molecule has 0 bridgehead atoms. The zero-order valence-electron chi connectivity index (χ0n) is 6.71. The molecule has 0 saturated carbocycles. The van der Waals surface area contributed by atoms with Gasteiger partial charge in [-0.05, 0) is 6.42 Å². The van der Waals surface area contributed by atoms with Gasteiger partial charge in [-0.25, -0.2) is 17.6 Å². The molecular weight excluding hydrogens is 172 g/mol. The Balaban J connectivity index is 4.25. The van der Waals surface area contributed by atoms with Crippen molar-refractivity contribution in [2.24, 2.45) is 0 Å². The molecule has 0 aliphatic rings. The van der Waals surface area contributed by atoms with Gasteiger partial charge in [0.2, 0.25) is 0 Å². The number of rotatable bonds is 4. The quantitative estimate of drug-likeness (QED) is 0.453. The number of unbranched alkanes of at least 4 members (excludes halogenated alkanes) is 1. The summed E-state index contributed by atoms with van der Waals surface area (Å²) in [4.78, 5) is 0. The minimum atomic E-state index is -1.79. The third-order valence-electron chi connectivity index (χ3n) is 1.29. The Labute approximate surface area is 68.6 Å².